The van der Waals surface area contributed by atoms with Crippen molar-refractivity contribution in [3.05, 3.63) is 58.4 Å². The fourth-order valence-electron chi connectivity index (χ4n) is 5.81. The minimum absolute atomic E-state index is 0.0415. The highest BCUT2D eigenvalue weighted by atomic mass is 32.2. The summed E-state index contributed by atoms with van der Waals surface area (Å²) in [5.41, 5.74) is -0.0780. The summed E-state index contributed by atoms with van der Waals surface area (Å²) < 4.78 is 79.6. The molecule has 0 aromatic carbocycles. The van der Waals surface area contributed by atoms with Crippen LogP contribution in [0.3, 0.4) is 0 Å². The summed E-state index contributed by atoms with van der Waals surface area (Å²) in [6.07, 6.45) is 2.97. The van der Waals surface area contributed by atoms with E-state index in [1.165, 1.54) is 30.2 Å². The molecule has 262 valence electrons. The Labute approximate surface area is 278 Å². The first-order valence-electron chi connectivity index (χ1n) is 15.3. The van der Waals surface area contributed by atoms with E-state index in [4.69, 9.17) is 14.5 Å². The topological polar surface area (TPSA) is 184 Å². The van der Waals surface area contributed by atoms with Gasteiger partial charge < -0.3 is 29.8 Å². The van der Waals surface area contributed by atoms with Crippen molar-refractivity contribution in [2.24, 2.45) is 7.05 Å². The van der Waals surface area contributed by atoms with Gasteiger partial charge in [-0.15, -0.1) is 0 Å². The monoisotopic (exact) mass is 706 g/mol. The minimum atomic E-state index is -4.60. The van der Waals surface area contributed by atoms with Crippen LogP contribution in [0, 0.1) is 10.1 Å². The normalized spacial score (nSPS) is 18.8. The van der Waals surface area contributed by atoms with Gasteiger partial charge in [-0.3, -0.25) is 14.3 Å². The van der Waals surface area contributed by atoms with Crippen molar-refractivity contribution in [1.29, 1.82) is 0 Å². The van der Waals surface area contributed by atoms with E-state index in [0.717, 1.165) is 10.6 Å². The highest BCUT2D eigenvalue weighted by Gasteiger charge is 2.34. The molecular weight excluding hydrogens is 673 g/mol. The highest BCUT2D eigenvalue weighted by Crippen LogP contribution is 2.35. The van der Waals surface area contributed by atoms with Crippen molar-refractivity contribution < 1.29 is 36.0 Å². The molecule has 2 fully saturated rings. The van der Waals surface area contributed by atoms with E-state index in [2.05, 4.69) is 25.3 Å². The van der Waals surface area contributed by atoms with Crippen LogP contribution < -0.4 is 19.3 Å². The summed E-state index contributed by atoms with van der Waals surface area (Å²) in [6, 6.07) is 3.25. The van der Waals surface area contributed by atoms with Crippen molar-refractivity contribution in [2.45, 2.75) is 50.6 Å². The molecule has 1 saturated heterocycles. The molecule has 2 aliphatic rings. The van der Waals surface area contributed by atoms with Crippen LogP contribution in [0.2, 0.25) is 0 Å². The number of imidazole rings is 1. The predicted molar refractivity (Wildman–Crippen MR) is 171 cm³/mol. The third-order valence-corrected chi connectivity index (χ3v) is 9.54. The Morgan fingerprint density at radius 3 is 2.47 bits per heavy atom. The number of morpholine rings is 1. The van der Waals surface area contributed by atoms with Crippen LogP contribution in [0.15, 0.2) is 36.9 Å². The second kappa shape index (κ2) is 13.6. The molecule has 1 aliphatic heterocycles. The third kappa shape index (κ3) is 7.74. The van der Waals surface area contributed by atoms with E-state index in [1.54, 1.807) is 12.1 Å². The Morgan fingerprint density at radius 2 is 1.82 bits per heavy atom. The molecular formula is C29H33F3N10O6S. The standard InChI is InChI=1S/C29H33F3N10O6S/c1-39-20(14-35-28(39)42(43)44)17-41(49(2,45)46)19-11-22-23(34-13-19)12-26(40-7-9-47-10-8-40)38-27(22)48-21-5-3-18(4-6-21)36-25-16-33-15-24(37-25)29(30,31)32/h11-16,18,21H,3-10,17H2,1-2H3,(H,36,37). The SMILES string of the molecule is Cn1c(CN(c2cnc3cc(N4CCOCC4)nc(OC4CCC(Nc5cncc(C(F)(F)F)n5)CC4)c3c2)S(C)(=O)=O)cnc1[N+](=O)[O-]. The number of alkyl halides is 3. The molecule has 4 aromatic rings. The summed E-state index contributed by atoms with van der Waals surface area (Å²) in [5.74, 6) is 0.480. The average molecular weight is 707 g/mol. The first kappa shape index (κ1) is 34.0. The molecule has 49 heavy (non-hydrogen) atoms. The quantitative estimate of drug-likeness (QED) is 0.186. The molecule has 4 aromatic heterocycles. The van der Waals surface area contributed by atoms with Gasteiger partial charge >= 0.3 is 12.1 Å². The van der Waals surface area contributed by atoms with Crippen LogP contribution in [0.1, 0.15) is 37.1 Å². The molecule has 16 nitrogen and oxygen atoms in total. The predicted octanol–water partition coefficient (Wildman–Crippen LogP) is 3.69. The van der Waals surface area contributed by atoms with E-state index in [9.17, 15) is 31.7 Å². The van der Waals surface area contributed by atoms with E-state index in [1.807, 2.05) is 4.90 Å². The van der Waals surface area contributed by atoms with Crippen molar-refractivity contribution >= 4 is 44.2 Å². The Bertz CT molecular complexity index is 1950. The highest BCUT2D eigenvalue weighted by molar-refractivity contribution is 7.92. The van der Waals surface area contributed by atoms with Crippen LogP contribution in [-0.4, -0.2) is 87.5 Å². The summed E-state index contributed by atoms with van der Waals surface area (Å²) in [6.45, 7) is 2.00. The van der Waals surface area contributed by atoms with Gasteiger partial charge in [0.2, 0.25) is 15.9 Å². The lowest BCUT2D eigenvalue weighted by Gasteiger charge is -2.31. The number of rotatable bonds is 10. The third-order valence-electron chi connectivity index (χ3n) is 8.40. The number of hydrogen-bond acceptors (Lipinski definition) is 13. The largest absolute Gasteiger partial charge is 0.474 e. The molecule has 0 spiro atoms. The second-order valence-corrected chi connectivity index (χ2v) is 13.7. The summed E-state index contributed by atoms with van der Waals surface area (Å²) in [4.78, 5) is 33.2. The summed E-state index contributed by atoms with van der Waals surface area (Å²) in [7, 11) is -2.47. The first-order chi connectivity index (χ1) is 23.3. The Balaban J connectivity index is 1.27. The Morgan fingerprint density at radius 1 is 1.08 bits per heavy atom. The number of hydrogen-bond donors (Lipinski definition) is 1. The number of fused-ring (bicyclic) bond motifs is 1. The number of nitro groups is 1. The fourth-order valence-corrected chi connectivity index (χ4v) is 6.66. The molecule has 1 N–H and O–H groups in total. The van der Waals surface area contributed by atoms with Gasteiger partial charge in [0.1, 0.15) is 29.6 Å². The van der Waals surface area contributed by atoms with Crippen molar-refractivity contribution in [3.63, 3.8) is 0 Å². The van der Waals surface area contributed by atoms with Crippen molar-refractivity contribution in [2.75, 3.05) is 47.1 Å². The smallest absolute Gasteiger partial charge is 0.434 e. The number of pyridine rings is 2. The molecule has 0 amide bonds. The number of ether oxygens (including phenoxy) is 2. The molecule has 0 radical (unpaired) electrons. The number of aromatic nitrogens is 6. The fraction of sp³-hybridized carbons (Fsp3) is 0.483. The van der Waals surface area contributed by atoms with Crippen LogP contribution >= 0.6 is 0 Å². The van der Waals surface area contributed by atoms with Gasteiger partial charge in [0.15, 0.2) is 5.69 Å². The lowest BCUT2D eigenvalue weighted by Crippen LogP contribution is -2.37. The van der Waals surface area contributed by atoms with Gasteiger partial charge in [0.05, 0.1) is 68.2 Å². The number of anilines is 3. The maximum atomic E-state index is 13.1. The number of nitrogens with one attached hydrogen (secondary N) is 1. The zero-order chi connectivity index (χ0) is 34.9. The summed E-state index contributed by atoms with van der Waals surface area (Å²) in [5, 5.41) is 14.8. The maximum absolute atomic E-state index is 13.1. The molecule has 0 bridgehead atoms. The number of nitrogens with zero attached hydrogens (tertiary/aromatic N) is 9. The Kier molecular flexibility index (Phi) is 9.43. The minimum Gasteiger partial charge on any atom is -0.474 e. The zero-order valence-corrected chi connectivity index (χ0v) is 27.3. The van der Waals surface area contributed by atoms with E-state index in [-0.39, 0.29) is 41.8 Å². The van der Waals surface area contributed by atoms with Crippen molar-refractivity contribution in [1.82, 2.24) is 29.5 Å². The summed E-state index contributed by atoms with van der Waals surface area (Å²) >= 11 is 0. The lowest BCUT2D eigenvalue weighted by atomic mass is 9.93. The first-order valence-corrected chi connectivity index (χ1v) is 17.2. The molecule has 1 saturated carbocycles. The number of sulfonamides is 1. The lowest BCUT2D eigenvalue weighted by molar-refractivity contribution is -0.396. The van der Waals surface area contributed by atoms with Crippen molar-refractivity contribution in [3.8, 4) is 5.88 Å². The van der Waals surface area contributed by atoms with Gasteiger partial charge in [-0.25, -0.2) is 18.0 Å². The molecule has 1 aliphatic carbocycles. The molecule has 6 rings (SSSR count). The molecule has 5 heterocycles. The molecule has 0 unspecified atom stereocenters. The van der Waals surface area contributed by atoms with Gasteiger partial charge in [-0.1, -0.05) is 4.98 Å². The zero-order valence-electron chi connectivity index (χ0n) is 26.5. The van der Waals surface area contributed by atoms with Crippen LogP contribution in [0.4, 0.5) is 36.4 Å². The molecule has 20 heteroatoms. The maximum Gasteiger partial charge on any atom is 0.434 e. The van der Waals surface area contributed by atoms with Crippen LogP contribution in [0.5, 0.6) is 5.88 Å². The van der Waals surface area contributed by atoms with E-state index < -0.39 is 32.8 Å². The van der Waals surface area contributed by atoms with Gasteiger partial charge in [0, 0.05) is 25.2 Å². The number of halogens is 3. The average Bonchev–Trinajstić information content (AvgIpc) is 3.44. The van der Waals surface area contributed by atoms with E-state index >= 15 is 0 Å². The van der Waals surface area contributed by atoms with Gasteiger partial charge in [-0.2, -0.15) is 18.2 Å². The second-order valence-electron chi connectivity index (χ2n) is 11.8. The van der Waals surface area contributed by atoms with E-state index in [0.29, 0.717) is 74.9 Å². The van der Waals surface area contributed by atoms with Gasteiger partial charge in [-0.05, 0) is 36.7 Å². The molecule has 0 atom stereocenters. The van der Waals surface area contributed by atoms with Gasteiger partial charge in [0.25, 0.3) is 0 Å². The van der Waals surface area contributed by atoms with Crippen LogP contribution in [-0.2, 0) is 34.5 Å². The Hall–Kier alpha value is -4.85. The van der Waals surface area contributed by atoms with Crippen LogP contribution in [0.25, 0.3) is 10.9 Å².